The fourth-order valence-electron chi connectivity index (χ4n) is 5.87. The van der Waals surface area contributed by atoms with Gasteiger partial charge in [-0.05, 0) is 48.6 Å². The van der Waals surface area contributed by atoms with Crippen LogP contribution in [0.4, 0.5) is 0 Å². The van der Waals surface area contributed by atoms with Crippen LogP contribution in [0.15, 0.2) is 60.7 Å². The first kappa shape index (κ1) is 19.2. The number of hydrogen-bond acceptors (Lipinski definition) is 0. The van der Waals surface area contributed by atoms with Crippen molar-refractivity contribution in [1.29, 1.82) is 0 Å². The third kappa shape index (κ3) is 4.04. The van der Waals surface area contributed by atoms with Crippen LogP contribution in [0.2, 0.25) is 0 Å². The van der Waals surface area contributed by atoms with Crippen molar-refractivity contribution in [1.82, 2.24) is 0 Å². The zero-order valence-electron chi connectivity index (χ0n) is 16.5. The van der Waals surface area contributed by atoms with Crippen LogP contribution in [0.5, 0.6) is 0 Å². The van der Waals surface area contributed by atoms with E-state index in [4.69, 9.17) is 0 Å². The van der Waals surface area contributed by atoms with Gasteiger partial charge in [-0.2, -0.15) is 0 Å². The van der Waals surface area contributed by atoms with E-state index in [0.29, 0.717) is 5.92 Å². The largest absolute Gasteiger partial charge is 0.0791 e. The quantitative estimate of drug-likeness (QED) is 0.423. The van der Waals surface area contributed by atoms with E-state index in [1.54, 1.807) is 0 Å². The van der Waals surface area contributed by atoms with Crippen molar-refractivity contribution in [3.8, 4) is 0 Å². The summed E-state index contributed by atoms with van der Waals surface area (Å²) >= 11 is 4.49. The van der Waals surface area contributed by atoms with Crippen molar-refractivity contribution in [3.63, 3.8) is 0 Å². The van der Waals surface area contributed by atoms with Crippen LogP contribution >= 0.6 is 15.9 Å². The van der Waals surface area contributed by atoms with Gasteiger partial charge in [-0.25, -0.2) is 0 Å². The molecular weight excluding hydrogens is 392 g/mol. The van der Waals surface area contributed by atoms with Gasteiger partial charge in [-0.1, -0.05) is 115 Å². The molecule has 0 N–H and O–H groups in total. The molecule has 0 spiro atoms. The summed E-state index contributed by atoms with van der Waals surface area (Å²) in [6, 6.07) is 22.8. The molecule has 0 aromatic heterocycles. The van der Waals surface area contributed by atoms with Crippen molar-refractivity contribution in [3.05, 3.63) is 71.8 Å². The van der Waals surface area contributed by atoms with Crippen LogP contribution in [0.3, 0.4) is 0 Å². The van der Waals surface area contributed by atoms with E-state index in [2.05, 4.69) is 76.6 Å². The Hall–Kier alpha value is -1.08. The molecule has 2 unspecified atom stereocenters. The Kier molecular flexibility index (Phi) is 6.38. The second kappa shape index (κ2) is 8.95. The minimum atomic E-state index is 0.0536. The zero-order valence-corrected chi connectivity index (χ0v) is 18.0. The Morgan fingerprint density at radius 3 is 1.78 bits per heavy atom. The van der Waals surface area contributed by atoms with Crippen LogP contribution in [-0.2, 0) is 4.32 Å². The Morgan fingerprint density at radius 1 is 0.667 bits per heavy atom. The average Bonchev–Trinajstić information content (AvgIpc) is 2.76. The highest BCUT2D eigenvalue weighted by Crippen LogP contribution is 2.58. The summed E-state index contributed by atoms with van der Waals surface area (Å²) in [4.78, 5) is 0. The van der Waals surface area contributed by atoms with Gasteiger partial charge < -0.3 is 0 Å². The second-order valence-electron chi connectivity index (χ2n) is 8.76. The molecular formula is C26H33Br. The SMILES string of the molecule is BrC(c1ccccc1)(C1CCCCC1)C(c1ccccc1)C1CCCCC1. The Labute approximate surface area is 173 Å². The maximum atomic E-state index is 4.49. The number of alkyl halides is 1. The van der Waals surface area contributed by atoms with Crippen LogP contribution in [0.25, 0.3) is 0 Å². The molecule has 2 atom stereocenters. The van der Waals surface area contributed by atoms with Gasteiger partial charge >= 0.3 is 0 Å². The molecule has 2 aliphatic carbocycles. The Bertz CT molecular complexity index is 683. The molecule has 0 bridgehead atoms. The number of halogens is 1. The topological polar surface area (TPSA) is 0 Å². The highest BCUT2D eigenvalue weighted by Gasteiger charge is 2.48. The molecule has 0 radical (unpaired) electrons. The highest BCUT2D eigenvalue weighted by molar-refractivity contribution is 9.09. The molecule has 2 aromatic carbocycles. The minimum absolute atomic E-state index is 0.0536. The van der Waals surface area contributed by atoms with Crippen molar-refractivity contribution < 1.29 is 0 Å². The molecule has 27 heavy (non-hydrogen) atoms. The monoisotopic (exact) mass is 424 g/mol. The first-order chi connectivity index (χ1) is 13.3. The first-order valence-corrected chi connectivity index (χ1v) is 11.9. The zero-order chi connectivity index (χ0) is 18.5. The minimum Gasteiger partial charge on any atom is -0.0791 e. The van der Waals surface area contributed by atoms with Crippen molar-refractivity contribution in [2.75, 3.05) is 0 Å². The van der Waals surface area contributed by atoms with Gasteiger partial charge in [-0.15, -0.1) is 0 Å². The van der Waals surface area contributed by atoms with Gasteiger partial charge in [0.05, 0.1) is 4.32 Å². The van der Waals surface area contributed by atoms with Crippen LogP contribution in [0.1, 0.15) is 81.3 Å². The van der Waals surface area contributed by atoms with E-state index in [1.165, 1.54) is 75.3 Å². The standard InChI is InChI=1S/C26H33Br/c27-26(23-17-9-3-10-18-23,24-19-11-4-12-20-24)25(21-13-5-1-6-14-21)22-15-7-2-8-16-22/h1,3,5-6,9-10,13-14,17-18,22,24-25H,2,4,7-8,11-12,15-16,19-20H2. The summed E-state index contributed by atoms with van der Waals surface area (Å²) in [5, 5.41) is 0. The maximum absolute atomic E-state index is 4.49. The lowest BCUT2D eigenvalue weighted by Crippen LogP contribution is -2.40. The summed E-state index contributed by atoms with van der Waals surface area (Å²) in [6.45, 7) is 0. The van der Waals surface area contributed by atoms with Gasteiger partial charge in [0.15, 0.2) is 0 Å². The van der Waals surface area contributed by atoms with Gasteiger partial charge in [0.2, 0.25) is 0 Å². The van der Waals surface area contributed by atoms with Crippen molar-refractivity contribution >= 4 is 15.9 Å². The highest BCUT2D eigenvalue weighted by atomic mass is 79.9. The number of benzene rings is 2. The van der Waals surface area contributed by atoms with E-state index in [0.717, 1.165) is 11.8 Å². The molecule has 0 heterocycles. The number of hydrogen-bond donors (Lipinski definition) is 0. The average molecular weight is 425 g/mol. The van der Waals surface area contributed by atoms with Crippen LogP contribution in [0, 0.1) is 11.8 Å². The fourth-order valence-corrected chi connectivity index (χ4v) is 7.23. The fraction of sp³-hybridized carbons (Fsp3) is 0.538. The molecule has 0 nitrogen and oxygen atoms in total. The third-order valence-electron chi connectivity index (χ3n) is 7.15. The molecule has 2 aliphatic rings. The molecule has 2 fully saturated rings. The van der Waals surface area contributed by atoms with E-state index < -0.39 is 0 Å². The summed E-state index contributed by atoms with van der Waals surface area (Å²) < 4.78 is 0.0536. The molecule has 0 amide bonds. The summed E-state index contributed by atoms with van der Waals surface area (Å²) in [5.41, 5.74) is 3.03. The van der Waals surface area contributed by atoms with Crippen molar-refractivity contribution in [2.45, 2.75) is 74.5 Å². The maximum Gasteiger partial charge on any atom is 0.0604 e. The normalized spacial score (nSPS) is 22.9. The third-order valence-corrected chi connectivity index (χ3v) is 8.75. The predicted molar refractivity (Wildman–Crippen MR) is 119 cm³/mol. The first-order valence-electron chi connectivity index (χ1n) is 11.1. The van der Waals surface area contributed by atoms with E-state index >= 15 is 0 Å². The smallest absolute Gasteiger partial charge is 0.0604 e. The van der Waals surface area contributed by atoms with Crippen molar-refractivity contribution in [2.24, 2.45) is 11.8 Å². The van der Waals surface area contributed by atoms with Crippen LogP contribution in [-0.4, -0.2) is 0 Å². The molecule has 0 saturated heterocycles. The summed E-state index contributed by atoms with van der Waals surface area (Å²) in [7, 11) is 0. The lowest BCUT2D eigenvalue weighted by Gasteiger charge is -2.48. The van der Waals surface area contributed by atoms with E-state index in [-0.39, 0.29) is 4.32 Å². The molecule has 2 aromatic rings. The predicted octanol–water partition coefficient (Wildman–Crippen LogP) is 8.22. The molecule has 1 heteroatoms. The molecule has 0 aliphatic heterocycles. The summed E-state index contributed by atoms with van der Waals surface area (Å²) in [5.74, 6) is 2.06. The Balaban J connectivity index is 1.82. The van der Waals surface area contributed by atoms with Crippen LogP contribution < -0.4 is 0 Å². The lowest BCUT2D eigenvalue weighted by molar-refractivity contribution is 0.189. The molecule has 2 saturated carbocycles. The Morgan fingerprint density at radius 2 is 1.19 bits per heavy atom. The van der Waals surface area contributed by atoms with E-state index in [1.807, 2.05) is 0 Å². The van der Waals surface area contributed by atoms with Gasteiger partial charge in [-0.3, -0.25) is 0 Å². The van der Waals surface area contributed by atoms with Gasteiger partial charge in [0.1, 0.15) is 0 Å². The second-order valence-corrected chi connectivity index (χ2v) is 10.1. The summed E-state index contributed by atoms with van der Waals surface area (Å²) in [6.07, 6.45) is 13.9. The van der Waals surface area contributed by atoms with E-state index in [9.17, 15) is 0 Å². The number of rotatable bonds is 5. The lowest BCUT2D eigenvalue weighted by atomic mass is 9.62. The van der Waals surface area contributed by atoms with Gasteiger partial charge in [0.25, 0.3) is 0 Å². The molecule has 4 rings (SSSR count). The molecule has 144 valence electrons. The van der Waals surface area contributed by atoms with Gasteiger partial charge in [0, 0.05) is 5.92 Å².